The Kier molecular flexibility index (Phi) is 9.66. The summed E-state index contributed by atoms with van der Waals surface area (Å²) in [4.78, 5) is 21.0. The summed E-state index contributed by atoms with van der Waals surface area (Å²) < 4.78 is 45.7. The molecule has 1 unspecified atom stereocenters. The maximum atomic E-state index is 13.7. The number of aromatic nitrogens is 2. The summed E-state index contributed by atoms with van der Waals surface area (Å²) in [6, 6.07) is 10.7. The van der Waals surface area contributed by atoms with Gasteiger partial charge in [0.05, 0.1) is 24.8 Å². The third-order valence-corrected chi connectivity index (χ3v) is 8.99. The number of rotatable bonds is 12. The number of nitrogens with zero attached hydrogens (tertiary/aromatic N) is 3. The van der Waals surface area contributed by atoms with E-state index in [4.69, 9.17) is 14.2 Å². The van der Waals surface area contributed by atoms with Gasteiger partial charge in [-0.05, 0) is 74.1 Å². The van der Waals surface area contributed by atoms with E-state index < -0.39 is 10.0 Å². The van der Waals surface area contributed by atoms with E-state index in [9.17, 15) is 13.2 Å². The molecule has 2 heterocycles. The second kappa shape index (κ2) is 13.1. The van der Waals surface area contributed by atoms with Crippen LogP contribution in [0.3, 0.4) is 0 Å². The average molecular weight is 554 g/mol. The number of carbonyl (C=O) groups excluding carboxylic acids is 1. The third kappa shape index (κ3) is 7.40. The lowest BCUT2D eigenvalue weighted by Gasteiger charge is -2.35. The Hall–Kier alpha value is -3.34. The second-order valence-electron chi connectivity index (χ2n) is 9.70. The van der Waals surface area contributed by atoms with E-state index in [1.165, 1.54) is 6.20 Å². The molecular formula is C29H35N3O6S. The quantitative estimate of drug-likeness (QED) is 0.319. The normalized spacial score (nSPS) is 16.1. The van der Waals surface area contributed by atoms with Crippen LogP contribution >= 0.6 is 0 Å². The van der Waals surface area contributed by atoms with E-state index in [1.54, 1.807) is 49.8 Å². The summed E-state index contributed by atoms with van der Waals surface area (Å²) in [6.45, 7) is 4.13. The van der Waals surface area contributed by atoms with Gasteiger partial charge in [-0.3, -0.25) is 9.78 Å². The van der Waals surface area contributed by atoms with Gasteiger partial charge in [-0.2, -0.15) is 4.31 Å². The molecule has 1 aromatic heterocycles. The molecule has 0 saturated carbocycles. The first-order valence-corrected chi connectivity index (χ1v) is 14.5. The number of ether oxygens (including phenoxy) is 3. The second-order valence-corrected chi connectivity index (χ2v) is 11.5. The van der Waals surface area contributed by atoms with Crippen molar-refractivity contribution in [3.8, 4) is 17.4 Å². The lowest BCUT2D eigenvalue weighted by atomic mass is 10.1. The summed E-state index contributed by atoms with van der Waals surface area (Å²) in [5.41, 5.74) is 2.26. The number of sulfonamides is 1. The van der Waals surface area contributed by atoms with Gasteiger partial charge in [-0.25, -0.2) is 13.4 Å². The summed E-state index contributed by atoms with van der Waals surface area (Å²) in [7, 11) is -2.16. The first-order valence-electron chi connectivity index (χ1n) is 13.1. The fourth-order valence-corrected chi connectivity index (χ4v) is 6.99. The van der Waals surface area contributed by atoms with Crippen molar-refractivity contribution in [2.45, 2.75) is 56.9 Å². The van der Waals surface area contributed by atoms with Crippen molar-refractivity contribution >= 4 is 15.8 Å². The van der Waals surface area contributed by atoms with Gasteiger partial charge in [0.2, 0.25) is 15.9 Å². The minimum Gasteiger partial charge on any atom is -0.497 e. The number of methoxy groups -OCH3 is 1. The van der Waals surface area contributed by atoms with Gasteiger partial charge in [0.15, 0.2) is 5.78 Å². The smallest absolute Gasteiger partial charge is 0.243 e. The van der Waals surface area contributed by atoms with Gasteiger partial charge in [-0.1, -0.05) is 18.6 Å². The molecule has 10 heteroatoms. The third-order valence-electron chi connectivity index (χ3n) is 6.74. The molecule has 39 heavy (non-hydrogen) atoms. The fraction of sp³-hybridized carbons (Fsp3) is 0.414. The zero-order valence-corrected chi connectivity index (χ0v) is 23.4. The number of hydrogen-bond acceptors (Lipinski definition) is 8. The number of Topliss-reactive ketones (excluding diaryl/α,β-unsaturated/α-hetero) is 1. The molecule has 0 aliphatic carbocycles. The van der Waals surface area contributed by atoms with Crippen LogP contribution in [-0.4, -0.2) is 61.4 Å². The van der Waals surface area contributed by atoms with Crippen molar-refractivity contribution in [3.05, 3.63) is 71.7 Å². The molecule has 1 fully saturated rings. The molecule has 3 aromatic rings. The highest BCUT2D eigenvalue weighted by molar-refractivity contribution is 7.89. The average Bonchev–Trinajstić information content (AvgIpc) is 2.92. The number of hydrogen-bond donors (Lipinski definition) is 0. The Labute approximate surface area is 230 Å². The number of benzene rings is 2. The Morgan fingerprint density at radius 1 is 1.08 bits per heavy atom. The molecule has 0 bridgehead atoms. The van der Waals surface area contributed by atoms with Crippen LogP contribution in [0.5, 0.6) is 17.4 Å². The lowest BCUT2D eigenvalue weighted by molar-refractivity contribution is -0.124. The van der Waals surface area contributed by atoms with Crippen LogP contribution in [0, 0.1) is 13.8 Å². The standard InChI is InChI=1S/C29H35N3O6S/c1-21-15-27(36-3)16-22(2)29(21)39(34,35)32-14-5-4-8-24(32)19-37-20-25(33)11-10-23-7-6-9-26(17-23)38-28-18-30-12-13-31-28/h6-7,9,12-13,15-18,24H,4-5,8,10-11,14,19-20H2,1-3H3. The largest absolute Gasteiger partial charge is 0.497 e. The minimum atomic E-state index is -3.73. The van der Waals surface area contributed by atoms with Crippen molar-refractivity contribution < 1.29 is 27.4 Å². The molecule has 1 aliphatic rings. The van der Waals surface area contributed by atoms with Crippen molar-refractivity contribution in [1.29, 1.82) is 0 Å². The first-order chi connectivity index (χ1) is 18.8. The molecule has 208 valence electrons. The highest BCUT2D eigenvalue weighted by atomic mass is 32.2. The highest BCUT2D eigenvalue weighted by Crippen LogP contribution is 2.32. The minimum absolute atomic E-state index is 0.0395. The van der Waals surface area contributed by atoms with Gasteiger partial charge >= 0.3 is 0 Å². The number of aryl methyl sites for hydroxylation is 3. The first kappa shape index (κ1) is 28.7. The van der Waals surface area contributed by atoms with Crippen LogP contribution < -0.4 is 9.47 Å². The van der Waals surface area contributed by atoms with Gasteiger partial charge in [-0.15, -0.1) is 0 Å². The Morgan fingerprint density at radius 2 is 1.87 bits per heavy atom. The van der Waals surface area contributed by atoms with Gasteiger partial charge in [0, 0.05) is 31.4 Å². The lowest BCUT2D eigenvalue weighted by Crippen LogP contribution is -2.46. The zero-order valence-electron chi connectivity index (χ0n) is 22.6. The molecular weight excluding hydrogens is 518 g/mol. The van der Waals surface area contributed by atoms with Crippen molar-refractivity contribution in [2.24, 2.45) is 0 Å². The molecule has 4 rings (SSSR count). The van der Waals surface area contributed by atoms with Crippen molar-refractivity contribution in [3.63, 3.8) is 0 Å². The molecule has 1 atom stereocenters. The number of ketones is 1. The Bertz CT molecular complexity index is 1360. The van der Waals surface area contributed by atoms with Crippen LogP contribution in [0.25, 0.3) is 0 Å². The summed E-state index contributed by atoms with van der Waals surface area (Å²) >= 11 is 0. The number of carbonyl (C=O) groups is 1. The van der Waals surface area contributed by atoms with Gasteiger partial charge in [0.1, 0.15) is 18.1 Å². The maximum absolute atomic E-state index is 13.7. The van der Waals surface area contributed by atoms with Crippen LogP contribution in [0.4, 0.5) is 0 Å². The molecule has 1 saturated heterocycles. The van der Waals surface area contributed by atoms with Crippen LogP contribution in [-0.2, 0) is 26.0 Å². The maximum Gasteiger partial charge on any atom is 0.243 e. The molecule has 9 nitrogen and oxygen atoms in total. The highest BCUT2D eigenvalue weighted by Gasteiger charge is 2.35. The molecule has 0 amide bonds. The fourth-order valence-electron chi connectivity index (χ4n) is 4.90. The number of piperidine rings is 1. The topological polar surface area (TPSA) is 108 Å². The Morgan fingerprint density at radius 3 is 2.59 bits per heavy atom. The van der Waals surface area contributed by atoms with E-state index in [2.05, 4.69) is 9.97 Å². The van der Waals surface area contributed by atoms with E-state index >= 15 is 0 Å². The molecule has 1 aliphatic heterocycles. The summed E-state index contributed by atoms with van der Waals surface area (Å²) in [5, 5.41) is 0. The molecule has 2 aromatic carbocycles. The predicted octanol–water partition coefficient (Wildman–Crippen LogP) is 4.66. The van der Waals surface area contributed by atoms with Crippen molar-refractivity contribution in [1.82, 2.24) is 14.3 Å². The molecule has 0 N–H and O–H groups in total. The summed E-state index contributed by atoms with van der Waals surface area (Å²) in [5.74, 6) is 1.61. The van der Waals surface area contributed by atoms with E-state index in [0.717, 1.165) is 18.4 Å². The van der Waals surface area contributed by atoms with Crippen LogP contribution in [0.1, 0.15) is 42.4 Å². The predicted molar refractivity (Wildman–Crippen MR) is 147 cm³/mol. The zero-order chi connectivity index (χ0) is 27.8. The van der Waals surface area contributed by atoms with Gasteiger partial charge in [0.25, 0.3) is 0 Å². The monoisotopic (exact) mass is 553 g/mol. The Balaban J connectivity index is 1.31. The SMILES string of the molecule is COc1cc(C)c(S(=O)(=O)N2CCCCC2COCC(=O)CCc2cccc(Oc3cnccn3)c2)c(C)c1. The van der Waals surface area contributed by atoms with Gasteiger partial charge < -0.3 is 14.2 Å². The molecule has 0 spiro atoms. The van der Waals surface area contributed by atoms with E-state index in [-0.39, 0.29) is 25.0 Å². The molecule has 0 radical (unpaired) electrons. The van der Waals surface area contributed by atoms with Crippen LogP contribution in [0.2, 0.25) is 0 Å². The van der Waals surface area contributed by atoms with Crippen molar-refractivity contribution in [2.75, 3.05) is 26.9 Å². The van der Waals surface area contributed by atoms with Crippen LogP contribution in [0.15, 0.2) is 59.9 Å². The van der Waals surface area contributed by atoms with E-state index in [0.29, 0.717) is 59.2 Å². The van der Waals surface area contributed by atoms with E-state index in [1.807, 2.05) is 24.3 Å². The summed E-state index contributed by atoms with van der Waals surface area (Å²) in [6.07, 6.45) is 7.92.